The van der Waals surface area contributed by atoms with Crippen LogP contribution in [0.3, 0.4) is 0 Å². The molecular weight excluding hydrogens is 372 g/mol. The minimum atomic E-state index is -3.79. The second kappa shape index (κ2) is 7.58. The molecule has 1 heterocycles. The van der Waals surface area contributed by atoms with E-state index in [2.05, 4.69) is 10.2 Å². The van der Waals surface area contributed by atoms with Crippen LogP contribution in [-0.4, -0.2) is 25.0 Å². The summed E-state index contributed by atoms with van der Waals surface area (Å²) in [6.07, 6.45) is -2.52. The Morgan fingerprint density at radius 1 is 1.04 bits per heavy atom. The van der Waals surface area contributed by atoms with Crippen LogP contribution in [0.2, 0.25) is 0 Å². The lowest BCUT2D eigenvalue weighted by Gasteiger charge is -2.08. The van der Waals surface area contributed by atoms with E-state index in [0.29, 0.717) is 17.0 Å². The summed E-state index contributed by atoms with van der Waals surface area (Å²) in [6.45, 7) is 1.96. The Balaban J connectivity index is 2.08. The standard InChI is InChI=1S/C19H19F2N3O2S/c1-12-2-4-13(5-3-12)18-16(10-11-17(20)21)23-24-19(18)14-6-8-15(9-7-14)27(22,25)26/h2-9,17H,10-11H2,1H3,(H,23,24)(H2,22,25,26). The van der Waals surface area contributed by atoms with E-state index in [1.807, 2.05) is 31.2 Å². The number of primary sulfonamides is 1. The summed E-state index contributed by atoms with van der Waals surface area (Å²) in [7, 11) is -3.79. The van der Waals surface area contributed by atoms with Gasteiger partial charge in [0.05, 0.1) is 4.90 Å². The van der Waals surface area contributed by atoms with Crippen molar-refractivity contribution < 1.29 is 17.2 Å². The van der Waals surface area contributed by atoms with Crippen LogP contribution in [0.5, 0.6) is 0 Å². The Kier molecular flexibility index (Phi) is 5.38. The fraction of sp³-hybridized carbons (Fsp3) is 0.211. The van der Waals surface area contributed by atoms with Crippen molar-refractivity contribution in [2.75, 3.05) is 0 Å². The fourth-order valence-electron chi connectivity index (χ4n) is 2.86. The maximum Gasteiger partial charge on any atom is 0.239 e. The van der Waals surface area contributed by atoms with Gasteiger partial charge in [-0.25, -0.2) is 22.3 Å². The van der Waals surface area contributed by atoms with E-state index in [4.69, 9.17) is 5.14 Å². The summed E-state index contributed by atoms with van der Waals surface area (Å²) in [5.41, 5.74) is 4.52. The minimum absolute atomic E-state index is 0.00315. The van der Waals surface area contributed by atoms with Crippen LogP contribution in [0, 0.1) is 6.92 Å². The molecule has 142 valence electrons. The second-order valence-electron chi connectivity index (χ2n) is 6.29. The lowest BCUT2D eigenvalue weighted by Crippen LogP contribution is -2.11. The molecule has 0 radical (unpaired) electrons. The van der Waals surface area contributed by atoms with Crippen LogP contribution < -0.4 is 5.14 Å². The average molecular weight is 391 g/mol. The van der Waals surface area contributed by atoms with Crippen molar-refractivity contribution in [1.82, 2.24) is 10.2 Å². The SMILES string of the molecule is Cc1ccc(-c2c(-c3ccc(S(N)(=O)=O)cc3)n[nH]c2CCC(F)F)cc1. The number of hydrogen-bond donors (Lipinski definition) is 2. The Hall–Kier alpha value is -2.58. The Morgan fingerprint density at radius 2 is 1.63 bits per heavy atom. The number of alkyl halides is 2. The number of hydrogen-bond acceptors (Lipinski definition) is 3. The number of nitrogens with one attached hydrogen (secondary N) is 1. The van der Waals surface area contributed by atoms with Gasteiger partial charge < -0.3 is 0 Å². The summed E-state index contributed by atoms with van der Waals surface area (Å²) in [5.74, 6) is 0. The zero-order valence-electron chi connectivity index (χ0n) is 14.6. The Bertz CT molecular complexity index is 1030. The van der Waals surface area contributed by atoms with Crippen molar-refractivity contribution in [2.24, 2.45) is 5.14 Å². The molecule has 0 bridgehead atoms. The summed E-state index contributed by atoms with van der Waals surface area (Å²) < 4.78 is 48.3. The highest BCUT2D eigenvalue weighted by Crippen LogP contribution is 2.34. The molecule has 5 nitrogen and oxygen atoms in total. The molecule has 3 N–H and O–H groups in total. The first kappa shape index (κ1) is 19.2. The largest absolute Gasteiger partial charge is 0.281 e. The molecule has 27 heavy (non-hydrogen) atoms. The van der Waals surface area contributed by atoms with E-state index in [1.165, 1.54) is 12.1 Å². The molecule has 0 aliphatic heterocycles. The highest BCUT2D eigenvalue weighted by atomic mass is 32.2. The first-order valence-corrected chi connectivity index (χ1v) is 9.86. The first-order valence-electron chi connectivity index (χ1n) is 8.31. The predicted molar refractivity (Wildman–Crippen MR) is 99.9 cm³/mol. The van der Waals surface area contributed by atoms with E-state index in [-0.39, 0.29) is 17.7 Å². The number of nitrogens with zero attached hydrogens (tertiary/aromatic N) is 1. The summed E-state index contributed by atoms with van der Waals surface area (Å²) in [5, 5.41) is 12.3. The summed E-state index contributed by atoms with van der Waals surface area (Å²) >= 11 is 0. The fourth-order valence-corrected chi connectivity index (χ4v) is 3.37. The zero-order valence-corrected chi connectivity index (χ0v) is 15.4. The normalized spacial score (nSPS) is 11.9. The minimum Gasteiger partial charge on any atom is -0.281 e. The lowest BCUT2D eigenvalue weighted by atomic mass is 9.96. The third kappa shape index (κ3) is 4.40. The van der Waals surface area contributed by atoms with Crippen LogP contribution in [0.1, 0.15) is 17.7 Å². The van der Waals surface area contributed by atoms with Gasteiger partial charge in [-0.1, -0.05) is 42.0 Å². The monoisotopic (exact) mass is 391 g/mol. The molecule has 0 aliphatic rings. The predicted octanol–water partition coefficient (Wildman–Crippen LogP) is 3.90. The molecule has 2 aromatic carbocycles. The van der Waals surface area contributed by atoms with Gasteiger partial charge in [-0.3, -0.25) is 5.10 Å². The molecule has 3 aromatic rings. The molecule has 1 aromatic heterocycles. The van der Waals surface area contributed by atoms with Crippen LogP contribution in [0.15, 0.2) is 53.4 Å². The van der Waals surface area contributed by atoms with E-state index >= 15 is 0 Å². The van der Waals surface area contributed by atoms with Gasteiger partial charge >= 0.3 is 0 Å². The van der Waals surface area contributed by atoms with Crippen LogP contribution in [-0.2, 0) is 16.4 Å². The number of benzene rings is 2. The molecule has 0 saturated heterocycles. The smallest absolute Gasteiger partial charge is 0.239 e. The quantitative estimate of drug-likeness (QED) is 0.668. The highest BCUT2D eigenvalue weighted by molar-refractivity contribution is 7.89. The molecule has 8 heteroatoms. The summed E-state index contributed by atoms with van der Waals surface area (Å²) in [6, 6.07) is 13.7. The lowest BCUT2D eigenvalue weighted by molar-refractivity contribution is 0.138. The molecule has 0 amide bonds. The van der Waals surface area contributed by atoms with Crippen molar-refractivity contribution in [1.29, 1.82) is 0 Å². The van der Waals surface area contributed by atoms with E-state index in [9.17, 15) is 17.2 Å². The molecule has 0 atom stereocenters. The van der Waals surface area contributed by atoms with Crippen molar-refractivity contribution in [2.45, 2.75) is 31.1 Å². The summed E-state index contributed by atoms with van der Waals surface area (Å²) in [4.78, 5) is -0.00315. The van der Waals surface area contributed by atoms with Crippen molar-refractivity contribution in [3.8, 4) is 22.4 Å². The zero-order chi connectivity index (χ0) is 19.6. The third-order valence-electron chi connectivity index (χ3n) is 4.25. The average Bonchev–Trinajstić information content (AvgIpc) is 3.04. The van der Waals surface area contributed by atoms with E-state index < -0.39 is 16.4 Å². The number of H-pyrrole nitrogens is 1. The van der Waals surface area contributed by atoms with E-state index in [0.717, 1.165) is 16.7 Å². The van der Waals surface area contributed by atoms with Gasteiger partial charge in [0.1, 0.15) is 5.69 Å². The van der Waals surface area contributed by atoms with Crippen LogP contribution in [0.25, 0.3) is 22.4 Å². The van der Waals surface area contributed by atoms with Crippen LogP contribution in [0.4, 0.5) is 8.78 Å². The second-order valence-corrected chi connectivity index (χ2v) is 7.85. The van der Waals surface area contributed by atoms with E-state index in [1.54, 1.807) is 12.1 Å². The highest BCUT2D eigenvalue weighted by Gasteiger charge is 2.18. The maximum atomic E-state index is 12.7. The molecule has 0 unspecified atom stereocenters. The van der Waals surface area contributed by atoms with Gasteiger partial charge in [-0.15, -0.1) is 0 Å². The molecule has 0 fully saturated rings. The molecule has 3 rings (SSSR count). The number of rotatable bonds is 6. The van der Waals surface area contributed by atoms with Gasteiger partial charge in [-0.05, 0) is 31.0 Å². The number of nitrogens with two attached hydrogens (primary N) is 1. The van der Waals surface area contributed by atoms with Gasteiger partial charge in [0, 0.05) is 23.2 Å². The van der Waals surface area contributed by atoms with Crippen molar-refractivity contribution in [3.63, 3.8) is 0 Å². The van der Waals surface area contributed by atoms with Crippen molar-refractivity contribution >= 4 is 10.0 Å². The molecular formula is C19H19F2N3O2S. The maximum absolute atomic E-state index is 12.7. The molecule has 0 spiro atoms. The third-order valence-corrected chi connectivity index (χ3v) is 5.18. The number of halogens is 2. The Morgan fingerprint density at radius 3 is 2.19 bits per heavy atom. The van der Waals surface area contributed by atoms with Gasteiger partial charge in [0.15, 0.2) is 0 Å². The molecule has 0 saturated carbocycles. The van der Waals surface area contributed by atoms with Gasteiger partial charge in [-0.2, -0.15) is 5.10 Å². The number of aromatic amines is 1. The van der Waals surface area contributed by atoms with Gasteiger partial charge in [0.2, 0.25) is 16.4 Å². The first-order chi connectivity index (χ1) is 12.8. The Labute approximate surface area is 156 Å². The van der Waals surface area contributed by atoms with Crippen LogP contribution >= 0.6 is 0 Å². The van der Waals surface area contributed by atoms with Gasteiger partial charge in [0.25, 0.3) is 0 Å². The number of aromatic nitrogens is 2. The number of sulfonamides is 1. The van der Waals surface area contributed by atoms with Crippen molar-refractivity contribution in [3.05, 3.63) is 59.8 Å². The number of aryl methyl sites for hydroxylation is 2. The molecule has 0 aliphatic carbocycles. The topological polar surface area (TPSA) is 88.8 Å².